The summed E-state index contributed by atoms with van der Waals surface area (Å²) in [5, 5.41) is 5.81. The molecule has 25 heavy (non-hydrogen) atoms. The number of nitrogens with zero attached hydrogens (tertiary/aromatic N) is 3. The normalized spacial score (nSPS) is 27.4. The van der Waals surface area contributed by atoms with Crippen LogP contribution in [0.4, 0.5) is 0 Å². The molecule has 132 valence electrons. The summed E-state index contributed by atoms with van der Waals surface area (Å²) in [6.07, 6.45) is 12.5. The van der Waals surface area contributed by atoms with Gasteiger partial charge in [0.1, 0.15) is 6.61 Å². The molecule has 0 spiro atoms. The second-order valence-electron chi connectivity index (χ2n) is 7.68. The number of ether oxygens (including phenoxy) is 1. The van der Waals surface area contributed by atoms with Crippen molar-refractivity contribution in [2.75, 3.05) is 13.2 Å². The number of rotatable bonds is 6. The Morgan fingerprint density at radius 3 is 2.76 bits per heavy atom. The number of benzene rings is 1. The van der Waals surface area contributed by atoms with Gasteiger partial charge >= 0.3 is 0 Å². The predicted octanol–water partition coefficient (Wildman–Crippen LogP) is 3.32. The third-order valence-corrected chi connectivity index (χ3v) is 5.80. The molecule has 2 bridgehead atoms. The minimum Gasteiger partial charge on any atom is -0.365 e. The van der Waals surface area contributed by atoms with Gasteiger partial charge in [-0.25, -0.2) is 0 Å². The van der Waals surface area contributed by atoms with Crippen molar-refractivity contribution in [1.29, 1.82) is 0 Å². The molecule has 2 saturated heterocycles. The Labute approximate surface area is 150 Å². The third-order valence-electron chi connectivity index (χ3n) is 5.80. The molecule has 2 aromatic rings. The maximum absolute atomic E-state index is 5.82. The summed E-state index contributed by atoms with van der Waals surface area (Å²) in [6.45, 7) is 4.91. The molecule has 4 heteroatoms. The molecule has 2 aliphatic heterocycles. The van der Waals surface area contributed by atoms with Crippen molar-refractivity contribution in [3.63, 3.8) is 0 Å². The van der Waals surface area contributed by atoms with Crippen LogP contribution >= 0.6 is 0 Å². The van der Waals surface area contributed by atoms with Crippen LogP contribution in [0.5, 0.6) is 0 Å². The summed E-state index contributed by atoms with van der Waals surface area (Å²) in [7, 11) is 0. The summed E-state index contributed by atoms with van der Waals surface area (Å²) in [4.78, 5) is 2.73. The topological polar surface area (TPSA) is 30.3 Å². The summed E-state index contributed by atoms with van der Waals surface area (Å²) >= 11 is 0. The molecule has 0 amide bonds. The molecule has 2 aliphatic rings. The Bertz CT molecular complexity index is 748. The monoisotopic (exact) mass is 337 g/mol. The van der Waals surface area contributed by atoms with E-state index in [9.17, 15) is 0 Å². The number of para-hydroxylation sites is 1. The highest BCUT2D eigenvalue weighted by atomic mass is 16.5. The quantitative estimate of drug-likeness (QED) is 0.758. The van der Waals surface area contributed by atoms with E-state index in [4.69, 9.17) is 11.2 Å². The zero-order valence-corrected chi connectivity index (χ0v) is 15.0. The van der Waals surface area contributed by atoms with Gasteiger partial charge in [0, 0.05) is 30.6 Å². The minimum atomic E-state index is 0.357. The van der Waals surface area contributed by atoms with E-state index in [0.717, 1.165) is 25.9 Å². The fourth-order valence-electron chi connectivity index (χ4n) is 4.71. The van der Waals surface area contributed by atoms with Crippen molar-refractivity contribution in [1.82, 2.24) is 14.7 Å². The number of hydrogen-bond acceptors (Lipinski definition) is 3. The van der Waals surface area contributed by atoms with Crippen LogP contribution in [0, 0.1) is 18.3 Å². The number of hydrogen-bond donors (Lipinski definition) is 0. The molecule has 3 heterocycles. The van der Waals surface area contributed by atoms with Gasteiger partial charge in [-0.05, 0) is 37.7 Å². The van der Waals surface area contributed by atoms with Crippen LogP contribution in [-0.4, -0.2) is 46.0 Å². The number of fused-ring (bicyclic) bond motifs is 3. The van der Waals surface area contributed by atoms with Crippen LogP contribution in [0.15, 0.2) is 30.5 Å². The Morgan fingerprint density at radius 2 is 2.00 bits per heavy atom. The van der Waals surface area contributed by atoms with Crippen molar-refractivity contribution in [2.24, 2.45) is 5.92 Å². The van der Waals surface area contributed by atoms with Crippen molar-refractivity contribution >= 4 is 10.9 Å². The van der Waals surface area contributed by atoms with Gasteiger partial charge in [-0.3, -0.25) is 9.58 Å². The number of terminal acetylenes is 1. The van der Waals surface area contributed by atoms with E-state index in [1.54, 1.807) is 0 Å². The van der Waals surface area contributed by atoms with E-state index >= 15 is 0 Å². The van der Waals surface area contributed by atoms with Crippen molar-refractivity contribution in [3.05, 3.63) is 30.5 Å². The fraction of sp³-hybridized carbons (Fsp3) is 0.571. The fourth-order valence-corrected chi connectivity index (χ4v) is 4.71. The van der Waals surface area contributed by atoms with Crippen LogP contribution in [0.2, 0.25) is 0 Å². The Kier molecular flexibility index (Phi) is 4.78. The Hall–Kier alpha value is -1.83. The smallest absolute Gasteiger partial charge is 0.107 e. The van der Waals surface area contributed by atoms with Crippen molar-refractivity contribution < 1.29 is 4.74 Å². The number of piperidine rings is 1. The molecule has 1 aromatic heterocycles. The van der Waals surface area contributed by atoms with Gasteiger partial charge < -0.3 is 4.74 Å². The SMILES string of the molecule is C#CCO[C@H]1C[C@H]2CC[C@@H](C1)N2C[C@@H](C)Cn1ncc2ccccc21. The molecule has 1 aromatic carbocycles. The molecule has 0 unspecified atom stereocenters. The Balaban J connectivity index is 1.37. The average molecular weight is 337 g/mol. The van der Waals surface area contributed by atoms with Gasteiger partial charge in [0.25, 0.3) is 0 Å². The molecule has 4 rings (SSSR count). The summed E-state index contributed by atoms with van der Waals surface area (Å²) in [6, 6.07) is 9.78. The first-order valence-corrected chi connectivity index (χ1v) is 9.46. The molecule has 0 radical (unpaired) electrons. The second kappa shape index (κ2) is 7.19. The van der Waals surface area contributed by atoms with Crippen LogP contribution < -0.4 is 0 Å². The third kappa shape index (κ3) is 3.44. The first kappa shape index (κ1) is 16.6. The number of aromatic nitrogens is 2. The zero-order chi connectivity index (χ0) is 17.2. The first-order valence-electron chi connectivity index (χ1n) is 9.46. The van der Waals surface area contributed by atoms with Gasteiger partial charge in [0.2, 0.25) is 0 Å². The van der Waals surface area contributed by atoms with E-state index in [-0.39, 0.29) is 0 Å². The van der Waals surface area contributed by atoms with Gasteiger partial charge in [0.05, 0.1) is 17.8 Å². The van der Waals surface area contributed by atoms with Gasteiger partial charge in [0.15, 0.2) is 0 Å². The highest BCUT2D eigenvalue weighted by Gasteiger charge is 2.41. The summed E-state index contributed by atoms with van der Waals surface area (Å²) in [5.74, 6) is 3.18. The maximum Gasteiger partial charge on any atom is 0.107 e. The lowest BCUT2D eigenvalue weighted by atomic mass is 9.98. The molecule has 4 nitrogen and oxygen atoms in total. The van der Waals surface area contributed by atoms with Crippen molar-refractivity contribution in [3.8, 4) is 12.3 Å². The predicted molar refractivity (Wildman–Crippen MR) is 100 cm³/mol. The van der Waals surface area contributed by atoms with Gasteiger partial charge in [-0.15, -0.1) is 6.42 Å². The van der Waals surface area contributed by atoms with E-state index in [0.29, 0.717) is 30.7 Å². The van der Waals surface area contributed by atoms with Gasteiger partial charge in [-0.2, -0.15) is 5.10 Å². The minimum absolute atomic E-state index is 0.357. The summed E-state index contributed by atoms with van der Waals surface area (Å²) < 4.78 is 7.98. The lowest BCUT2D eigenvalue weighted by Gasteiger charge is -2.40. The molecule has 0 aliphatic carbocycles. The highest BCUT2D eigenvalue weighted by molar-refractivity contribution is 5.78. The van der Waals surface area contributed by atoms with Crippen LogP contribution in [-0.2, 0) is 11.3 Å². The van der Waals surface area contributed by atoms with E-state index in [1.807, 2.05) is 6.20 Å². The maximum atomic E-state index is 5.82. The van der Waals surface area contributed by atoms with Gasteiger partial charge in [-0.1, -0.05) is 31.0 Å². The molecule has 2 fully saturated rings. The second-order valence-corrected chi connectivity index (χ2v) is 7.68. The summed E-state index contributed by atoms with van der Waals surface area (Å²) in [5.41, 5.74) is 1.23. The molecule has 0 saturated carbocycles. The molecular formula is C21H27N3O. The van der Waals surface area contributed by atoms with E-state index < -0.39 is 0 Å². The van der Waals surface area contributed by atoms with Crippen LogP contribution in [0.25, 0.3) is 10.9 Å². The van der Waals surface area contributed by atoms with E-state index in [1.165, 1.54) is 23.7 Å². The Morgan fingerprint density at radius 1 is 1.24 bits per heavy atom. The lowest BCUT2D eigenvalue weighted by molar-refractivity contribution is -0.0117. The van der Waals surface area contributed by atoms with Crippen molar-refractivity contribution in [2.45, 2.75) is 57.3 Å². The van der Waals surface area contributed by atoms with Crippen LogP contribution in [0.3, 0.4) is 0 Å². The first-order chi connectivity index (χ1) is 12.2. The zero-order valence-electron chi connectivity index (χ0n) is 15.0. The lowest BCUT2D eigenvalue weighted by Crippen LogP contribution is -2.47. The average Bonchev–Trinajstić information content (AvgIpc) is 3.11. The molecule has 0 N–H and O–H groups in total. The molecule has 4 atom stereocenters. The standard InChI is InChI=1S/C21H27N3O/c1-3-10-25-20-11-18-8-9-19(12-20)23(18)14-16(2)15-24-21-7-5-4-6-17(21)13-22-24/h1,4-7,13,16,18-20H,8-12,14-15H2,2H3/t16-,18-,19+,20+/m1/s1. The van der Waals surface area contributed by atoms with E-state index in [2.05, 4.69) is 51.8 Å². The largest absolute Gasteiger partial charge is 0.365 e. The molecular weight excluding hydrogens is 310 g/mol. The highest BCUT2D eigenvalue weighted by Crippen LogP contribution is 2.37. The van der Waals surface area contributed by atoms with Crippen LogP contribution in [0.1, 0.15) is 32.6 Å².